The Hall–Kier alpha value is -2.77. The number of aromatic nitrogens is 2. The smallest absolute Gasteiger partial charge is 0.261 e. The van der Waals surface area contributed by atoms with Crippen molar-refractivity contribution in [3.8, 4) is 10.6 Å². The van der Waals surface area contributed by atoms with Crippen molar-refractivity contribution in [3.05, 3.63) is 65.2 Å². The predicted octanol–water partition coefficient (Wildman–Crippen LogP) is 4.40. The van der Waals surface area contributed by atoms with Gasteiger partial charge in [0.1, 0.15) is 0 Å². The predicted molar refractivity (Wildman–Crippen MR) is 124 cm³/mol. The number of hydrogen-bond donors (Lipinski definition) is 2. The van der Waals surface area contributed by atoms with Crippen LogP contribution in [0.1, 0.15) is 35.5 Å². The highest BCUT2D eigenvalue weighted by Gasteiger charge is 2.36. The van der Waals surface area contributed by atoms with Crippen LogP contribution in [0.15, 0.2) is 54.7 Å². The number of carbonyl (C=O) groups excluding carboxylic acids is 1. The molecule has 1 aliphatic heterocycles. The summed E-state index contributed by atoms with van der Waals surface area (Å²) in [6.45, 7) is 4.81. The first kappa shape index (κ1) is 21.5. The lowest BCUT2D eigenvalue weighted by Crippen LogP contribution is -2.51. The SMILES string of the molecule is CNc1nccc(-c2ccc(C(=O)NC3CC(C)(C)OCC3Cc3ccccc3)s2)n1. The van der Waals surface area contributed by atoms with Gasteiger partial charge in [0.05, 0.1) is 27.7 Å². The van der Waals surface area contributed by atoms with Crippen LogP contribution >= 0.6 is 11.3 Å². The maximum atomic E-state index is 13.1. The molecule has 1 fully saturated rings. The zero-order valence-electron chi connectivity index (χ0n) is 18.1. The van der Waals surface area contributed by atoms with E-state index in [-0.39, 0.29) is 23.5 Å². The van der Waals surface area contributed by atoms with Crippen LogP contribution in [-0.2, 0) is 11.2 Å². The third kappa shape index (κ3) is 5.29. The van der Waals surface area contributed by atoms with Gasteiger partial charge in [-0.15, -0.1) is 11.3 Å². The average Bonchev–Trinajstić information content (AvgIpc) is 3.27. The van der Waals surface area contributed by atoms with Crippen molar-refractivity contribution in [3.63, 3.8) is 0 Å². The fraction of sp³-hybridized carbons (Fsp3) is 0.375. The van der Waals surface area contributed by atoms with E-state index in [1.165, 1.54) is 16.9 Å². The highest BCUT2D eigenvalue weighted by atomic mass is 32.1. The van der Waals surface area contributed by atoms with E-state index in [4.69, 9.17) is 4.74 Å². The molecule has 2 N–H and O–H groups in total. The van der Waals surface area contributed by atoms with E-state index in [0.29, 0.717) is 17.4 Å². The van der Waals surface area contributed by atoms with Gasteiger partial charge in [0.2, 0.25) is 5.95 Å². The summed E-state index contributed by atoms with van der Waals surface area (Å²) in [5.74, 6) is 0.754. The molecule has 1 aromatic carbocycles. The Kier molecular flexibility index (Phi) is 6.34. The molecule has 4 rings (SSSR count). The molecular formula is C24H28N4O2S. The number of rotatable bonds is 6. The monoisotopic (exact) mass is 436 g/mol. The van der Waals surface area contributed by atoms with Crippen molar-refractivity contribution >= 4 is 23.2 Å². The van der Waals surface area contributed by atoms with E-state index in [1.54, 1.807) is 13.2 Å². The molecular weight excluding hydrogens is 408 g/mol. The molecule has 1 aliphatic rings. The summed E-state index contributed by atoms with van der Waals surface area (Å²) in [7, 11) is 1.79. The molecule has 7 heteroatoms. The molecule has 0 saturated carbocycles. The number of nitrogens with one attached hydrogen (secondary N) is 2. The van der Waals surface area contributed by atoms with Crippen LogP contribution in [0, 0.1) is 5.92 Å². The quantitative estimate of drug-likeness (QED) is 0.599. The first-order chi connectivity index (χ1) is 14.9. The number of ether oxygens (including phenoxy) is 1. The number of hydrogen-bond acceptors (Lipinski definition) is 6. The Morgan fingerprint density at radius 2 is 2.00 bits per heavy atom. The lowest BCUT2D eigenvalue weighted by Gasteiger charge is -2.41. The third-order valence-electron chi connectivity index (χ3n) is 5.59. The summed E-state index contributed by atoms with van der Waals surface area (Å²) < 4.78 is 6.08. The molecule has 3 aromatic rings. The van der Waals surface area contributed by atoms with Crippen molar-refractivity contribution in [2.75, 3.05) is 19.0 Å². The minimum Gasteiger partial charge on any atom is -0.375 e. The maximum Gasteiger partial charge on any atom is 0.261 e. The Morgan fingerprint density at radius 3 is 2.77 bits per heavy atom. The number of benzene rings is 1. The van der Waals surface area contributed by atoms with Crippen molar-refractivity contribution < 1.29 is 9.53 Å². The van der Waals surface area contributed by atoms with Gasteiger partial charge in [0.15, 0.2) is 0 Å². The molecule has 0 spiro atoms. The minimum absolute atomic E-state index is 0.0418. The van der Waals surface area contributed by atoms with Crippen LogP contribution < -0.4 is 10.6 Å². The third-order valence-corrected chi connectivity index (χ3v) is 6.69. The second-order valence-corrected chi connectivity index (χ2v) is 9.57. The van der Waals surface area contributed by atoms with Gasteiger partial charge < -0.3 is 15.4 Å². The molecule has 31 heavy (non-hydrogen) atoms. The van der Waals surface area contributed by atoms with Gasteiger partial charge in [0, 0.05) is 25.2 Å². The maximum absolute atomic E-state index is 13.1. The van der Waals surface area contributed by atoms with Crippen LogP contribution in [0.25, 0.3) is 10.6 Å². The number of anilines is 1. The van der Waals surface area contributed by atoms with Crippen LogP contribution in [0.5, 0.6) is 0 Å². The number of nitrogens with zero attached hydrogens (tertiary/aromatic N) is 2. The van der Waals surface area contributed by atoms with Crippen molar-refractivity contribution in [2.45, 2.75) is 38.3 Å². The Balaban J connectivity index is 1.49. The van der Waals surface area contributed by atoms with Gasteiger partial charge in [-0.2, -0.15) is 0 Å². The average molecular weight is 437 g/mol. The molecule has 6 nitrogen and oxygen atoms in total. The minimum atomic E-state index is -0.254. The number of amides is 1. The first-order valence-corrected chi connectivity index (χ1v) is 11.3. The summed E-state index contributed by atoms with van der Waals surface area (Å²) in [6.07, 6.45) is 3.38. The highest BCUT2D eigenvalue weighted by Crippen LogP contribution is 2.31. The zero-order chi connectivity index (χ0) is 21.8. The Bertz CT molecular complexity index is 1030. The summed E-state index contributed by atoms with van der Waals surface area (Å²) in [5, 5.41) is 6.24. The Morgan fingerprint density at radius 1 is 1.19 bits per heavy atom. The van der Waals surface area contributed by atoms with Gasteiger partial charge in [-0.1, -0.05) is 30.3 Å². The molecule has 0 aliphatic carbocycles. The molecule has 162 valence electrons. The van der Waals surface area contributed by atoms with Crippen LogP contribution in [0.3, 0.4) is 0 Å². The largest absolute Gasteiger partial charge is 0.375 e. The molecule has 3 heterocycles. The van der Waals surface area contributed by atoms with Gasteiger partial charge in [-0.25, -0.2) is 9.97 Å². The topological polar surface area (TPSA) is 76.1 Å². The molecule has 2 atom stereocenters. The van der Waals surface area contributed by atoms with E-state index in [0.717, 1.165) is 23.4 Å². The normalized spacial score (nSPS) is 20.2. The van der Waals surface area contributed by atoms with Crippen LogP contribution in [0.4, 0.5) is 5.95 Å². The van der Waals surface area contributed by atoms with E-state index in [1.807, 2.05) is 24.3 Å². The first-order valence-electron chi connectivity index (χ1n) is 10.5. The van der Waals surface area contributed by atoms with E-state index >= 15 is 0 Å². The van der Waals surface area contributed by atoms with Crippen molar-refractivity contribution in [1.82, 2.24) is 15.3 Å². The summed E-state index contributed by atoms with van der Waals surface area (Å²) >= 11 is 1.45. The number of carbonyl (C=O) groups is 1. The molecule has 2 aromatic heterocycles. The fourth-order valence-corrected chi connectivity index (χ4v) is 4.82. The second-order valence-electron chi connectivity index (χ2n) is 8.48. The van der Waals surface area contributed by atoms with E-state index in [9.17, 15) is 4.79 Å². The van der Waals surface area contributed by atoms with E-state index in [2.05, 4.69) is 58.7 Å². The Labute approximate surface area is 187 Å². The van der Waals surface area contributed by atoms with Crippen molar-refractivity contribution in [1.29, 1.82) is 0 Å². The second kappa shape index (κ2) is 9.16. The van der Waals surface area contributed by atoms with Crippen LogP contribution in [-0.4, -0.2) is 41.2 Å². The van der Waals surface area contributed by atoms with Gasteiger partial charge in [0.25, 0.3) is 5.91 Å². The molecule has 2 unspecified atom stereocenters. The lowest BCUT2D eigenvalue weighted by molar-refractivity contribution is -0.0886. The summed E-state index contributed by atoms with van der Waals surface area (Å²) in [5.41, 5.74) is 1.81. The lowest BCUT2D eigenvalue weighted by atomic mass is 9.83. The zero-order valence-corrected chi connectivity index (χ0v) is 18.9. The van der Waals surface area contributed by atoms with Crippen LogP contribution in [0.2, 0.25) is 0 Å². The molecule has 0 bridgehead atoms. The van der Waals surface area contributed by atoms with Gasteiger partial charge in [-0.3, -0.25) is 4.79 Å². The van der Waals surface area contributed by atoms with Crippen molar-refractivity contribution in [2.24, 2.45) is 5.92 Å². The molecule has 1 saturated heterocycles. The van der Waals surface area contributed by atoms with Gasteiger partial charge >= 0.3 is 0 Å². The summed E-state index contributed by atoms with van der Waals surface area (Å²) in [6, 6.07) is 16.1. The highest BCUT2D eigenvalue weighted by molar-refractivity contribution is 7.17. The number of thiophene rings is 1. The molecule has 1 amide bonds. The summed E-state index contributed by atoms with van der Waals surface area (Å²) in [4.78, 5) is 23.3. The van der Waals surface area contributed by atoms with E-state index < -0.39 is 0 Å². The molecule has 0 radical (unpaired) electrons. The van der Waals surface area contributed by atoms with Gasteiger partial charge in [-0.05, 0) is 50.5 Å². The fourth-order valence-electron chi connectivity index (χ4n) is 3.94. The standard InChI is InChI=1S/C24H28N4O2S/c1-24(2)14-19(17(15-30-24)13-16-7-5-4-6-8-16)27-22(29)21-10-9-20(31-21)18-11-12-26-23(25-3)28-18/h4-12,17,19H,13-15H2,1-3H3,(H,27,29)(H,25,26,28).